The van der Waals surface area contributed by atoms with E-state index in [4.69, 9.17) is 0 Å². The van der Waals surface area contributed by atoms with Gasteiger partial charge in [-0.2, -0.15) is 0 Å². The summed E-state index contributed by atoms with van der Waals surface area (Å²) in [6.07, 6.45) is 0. The number of aryl methyl sites for hydroxylation is 1. The van der Waals surface area contributed by atoms with Crippen molar-refractivity contribution in [3.63, 3.8) is 0 Å². The van der Waals surface area contributed by atoms with Crippen LogP contribution in [-0.2, 0) is 7.05 Å². The summed E-state index contributed by atoms with van der Waals surface area (Å²) in [6, 6.07) is 0. The molecule has 2 rings (SSSR count). The molecule has 0 aliphatic carbocycles. The molecule has 0 saturated carbocycles. The summed E-state index contributed by atoms with van der Waals surface area (Å²) in [5.41, 5.74) is 0. The number of alkyl halides is 1. The van der Waals surface area contributed by atoms with Crippen LogP contribution in [0.4, 0.5) is 5.95 Å². The van der Waals surface area contributed by atoms with Crippen LogP contribution < -0.4 is 4.90 Å². The molecule has 1 aliphatic heterocycles. The first-order chi connectivity index (χ1) is 7.31. The molecule has 0 unspecified atom stereocenters. The van der Waals surface area contributed by atoms with Crippen molar-refractivity contribution in [3.05, 3.63) is 0 Å². The molecule has 6 nitrogen and oxygen atoms in total. The summed E-state index contributed by atoms with van der Waals surface area (Å²) >= 11 is 3.46. The van der Waals surface area contributed by atoms with Crippen molar-refractivity contribution < 1.29 is 0 Å². The fourth-order valence-electron chi connectivity index (χ4n) is 1.78. The number of tetrazole rings is 1. The van der Waals surface area contributed by atoms with E-state index in [9.17, 15) is 0 Å². The normalized spacial score (nSPS) is 18.4. The maximum absolute atomic E-state index is 4.01. The van der Waals surface area contributed by atoms with Gasteiger partial charge in [0.15, 0.2) is 0 Å². The second-order valence-electron chi connectivity index (χ2n) is 3.62. The number of hydrogen-bond acceptors (Lipinski definition) is 5. The zero-order chi connectivity index (χ0) is 10.7. The maximum atomic E-state index is 4.01. The van der Waals surface area contributed by atoms with E-state index in [2.05, 4.69) is 41.3 Å². The van der Waals surface area contributed by atoms with Crippen LogP contribution in [0.5, 0.6) is 0 Å². The molecule has 0 atom stereocenters. The van der Waals surface area contributed by atoms with Gasteiger partial charge < -0.3 is 4.90 Å². The zero-order valence-corrected chi connectivity index (χ0v) is 10.4. The molecule has 1 saturated heterocycles. The number of nitrogens with zero attached hydrogens (tertiary/aromatic N) is 6. The molecule has 1 aromatic heterocycles. The van der Waals surface area contributed by atoms with Crippen LogP contribution in [0.1, 0.15) is 0 Å². The average Bonchev–Trinajstić information content (AvgIpc) is 2.66. The quantitative estimate of drug-likeness (QED) is 0.711. The Morgan fingerprint density at radius 3 is 2.53 bits per heavy atom. The first-order valence-corrected chi connectivity index (χ1v) is 6.19. The second kappa shape index (κ2) is 4.89. The average molecular weight is 275 g/mol. The number of rotatable bonds is 3. The predicted octanol–water partition coefficient (Wildman–Crippen LogP) is -0.273. The Morgan fingerprint density at radius 1 is 1.27 bits per heavy atom. The van der Waals surface area contributed by atoms with Gasteiger partial charge in [0.2, 0.25) is 5.95 Å². The Hall–Kier alpha value is -0.690. The molecular weight excluding hydrogens is 260 g/mol. The highest BCUT2D eigenvalue weighted by Crippen LogP contribution is 2.10. The molecule has 0 spiro atoms. The molecule has 1 aliphatic rings. The summed E-state index contributed by atoms with van der Waals surface area (Å²) in [4.78, 5) is 4.67. The highest BCUT2D eigenvalue weighted by atomic mass is 79.9. The van der Waals surface area contributed by atoms with E-state index in [1.807, 2.05) is 7.05 Å². The molecule has 0 N–H and O–H groups in total. The topological polar surface area (TPSA) is 50.1 Å². The van der Waals surface area contributed by atoms with Gasteiger partial charge in [0.05, 0.1) is 0 Å². The van der Waals surface area contributed by atoms with Crippen LogP contribution in [0.15, 0.2) is 0 Å². The van der Waals surface area contributed by atoms with Gasteiger partial charge in [-0.1, -0.05) is 21.0 Å². The van der Waals surface area contributed by atoms with E-state index < -0.39 is 0 Å². The van der Waals surface area contributed by atoms with Crippen molar-refractivity contribution in [1.29, 1.82) is 0 Å². The lowest BCUT2D eigenvalue weighted by Gasteiger charge is -2.34. The number of aromatic nitrogens is 4. The van der Waals surface area contributed by atoms with Gasteiger partial charge in [0.1, 0.15) is 0 Å². The van der Waals surface area contributed by atoms with E-state index in [0.717, 1.165) is 44.0 Å². The minimum atomic E-state index is 0.869. The Balaban J connectivity index is 1.91. The Morgan fingerprint density at radius 2 is 2.00 bits per heavy atom. The highest BCUT2D eigenvalue weighted by molar-refractivity contribution is 9.09. The van der Waals surface area contributed by atoms with Crippen LogP contribution in [0, 0.1) is 0 Å². The number of piperazine rings is 1. The molecule has 2 heterocycles. The molecule has 1 aromatic rings. The van der Waals surface area contributed by atoms with Crippen LogP contribution in [0.25, 0.3) is 0 Å². The van der Waals surface area contributed by atoms with Crippen molar-refractivity contribution in [2.24, 2.45) is 7.05 Å². The number of hydrogen-bond donors (Lipinski definition) is 0. The fourth-order valence-corrected chi connectivity index (χ4v) is 2.29. The lowest BCUT2D eigenvalue weighted by molar-refractivity contribution is 0.272. The summed E-state index contributed by atoms with van der Waals surface area (Å²) in [7, 11) is 1.88. The third-order valence-electron chi connectivity index (χ3n) is 2.65. The monoisotopic (exact) mass is 274 g/mol. The molecule has 0 aromatic carbocycles. The Bertz CT molecular complexity index is 306. The van der Waals surface area contributed by atoms with E-state index in [1.165, 1.54) is 0 Å². The third-order valence-corrected chi connectivity index (χ3v) is 3.01. The van der Waals surface area contributed by atoms with Gasteiger partial charge in [-0.3, -0.25) is 4.90 Å². The lowest BCUT2D eigenvalue weighted by Crippen LogP contribution is -2.47. The first-order valence-electron chi connectivity index (χ1n) is 5.07. The summed E-state index contributed by atoms with van der Waals surface area (Å²) < 4.78 is 1.72. The standard InChI is InChI=1S/C8H15BrN6/c1-13-8(10-11-12-13)15-6-4-14(3-2-9)5-7-15/h2-7H2,1H3. The van der Waals surface area contributed by atoms with Crippen LogP contribution in [0.3, 0.4) is 0 Å². The van der Waals surface area contributed by atoms with Crippen molar-refractivity contribution in [2.45, 2.75) is 0 Å². The fraction of sp³-hybridized carbons (Fsp3) is 0.875. The first kappa shape index (κ1) is 10.8. The molecular formula is C8H15BrN6. The van der Waals surface area contributed by atoms with E-state index in [0.29, 0.717) is 0 Å². The SMILES string of the molecule is Cn1nnnc1N1CCN(CCBr)CC1. The zero-order valence-electron chi connectivity index (χ0n) is 8.80. The second-order valence-corrected chi connectivity index (χ2v) is 4.41. The molecule has 84 valence electrons. The summed E-state index contributed by atoms with van der Waals surface area (Å²) in [5.74, 6) is 0.869. The van der Waals surface area contributed by atoms with Gasteiger partial charge in [0, 0.05) is 45.1 Å². The molecule has 0 amide bonds. The van der Waals surface area contributed by atoms with Crippen LogP contribution in [-0.4, -0.2) is 63.2 Å². The molecule has 7 heteroatoms. The van der Waals surface area contributed by atoms with Gasteiger partial charge >= 0.3 is 0 Å². The van der Waals surface area contributed by atoms with E-state index in [1.54, 1.807) is 4.68 Å². The number of anilines is 1. The minimum Gasteiger partial charge on any atom is -0.337 e. The van der Waals surface area contributed by atoms with Crippen molar-refractivity contribution in [2.75, 3.05) is 43.0 Å². The summed E-state index contributed by atoms with van der Waals surface area (Å²) in [5, 5.41) is 12.5. The molecule has 15 heavy (non-hydrogen) atoms. The maximum Gasteiger partial charge on any atom is 0.245 e. The van der Waals surface area contributed by atoms with Gasteiger partial charge in [-0.25, -0.2) is 4.68 Å². The Kier molecular flexibility index (Phi) is 3.53. The van der Waals surface area contributed by atoms with Gasteiger partial charge in [0.25, 0.3) is 0 Å². The predicted molar refractivity (Wildman–Crippen MR) is 61.2 cm³/mol. The molecule has 0 radical (unpaired) electrons. The molecule has 1 fully saturated rings. The van der Waals surface area contributed by atoms with Crippen LogP contribution in [0.2, 0.25) is 0 Å². The van der Waals surface area contributed by atoms with Crippen molar-refractivity contribution in [1.82, 2.24) is 25.1 Å². The smallest absolute Gasteiger partial charge is 0.245 e. The van der Waals surface area contributed by atoms with E-state index >= 15 is 0 Å². The van der Waals surface area contributed by atoms with Crippen molar-refractivity contribution in [3.8, 4) is 0 Å². The summed E-state index contributed by atoms with van der Waals surface area (Å²) in [6.45, 7) is 5.28. The largest absolute Gasteiger partial charge is 0.337 e. The molecule has 0 bridgehead atoms. The lowest BCUT2D eigenvalue weighted by atomic mass is 10.3. The van der Waals surface area contributed by atoms with Gasteiger partial charge in [-0.15, -0.1) is 0 Å². The third kappa shape index (κ3) is 2.46. The Labute approximate surface area is 97.4 Å². The highest BCUT2D eigenvalue weighted by Gasteiger charge is 2.19. The van der Waals surface area contributed by atoms with Gasteiger partial charge in [-0.05, 0) is 10.4 Å². The van der Waals surface area contributed by atoms with Crippen molar-refractivity contribution >= 4 is 21.9 Å². The minimum absolute atomic E-state index is 0.869. The van der Waals surface area contributed by atoms with E-state index in [-0.39, 0.29) is 0 Å². The van der Waals surface area contributed by atoms with Crippen LogP contribution >= 0.6 is 15.9 Å². The number of halogens is 1.